The molecule has 1 amide bonds. The predicted octanol–water partition coefficient (Wildman–Crippen LogP) is 7.80. The van der Waals surface area contributed by atoms with Gasteiger partial charge in [-0.2, -0.15) is 8.61 Å². The average Bonchev–Trinajstić information content (AvgIpc) is 3.75. The maximum Gasteiger partial charge on any atom is 0.407 e. The van der Waals surface area contributed by atoms with Crippen LogP contribution in [0.4, 0.5) is 22.4 Å². The number of aromatic nitrogens is 4. The van der Waals surface area contributed by atoms with E-state index in [0.717, 1.165) is 22.7 Å². The summed E-state index contributed by atoms with van der Waals surface area (Å²) in [5, 5.41) is 12.0. The summed E-state index contributed by atoms with van der Waals surface area (Å²) in [4.78, 5) is 21.4. The van der Waals surface area contributed by atoms with Crippen molar-refractivity contribution >= 4 is 48.2 Å². The Balaban J connectivity index is 0.000000196. The molecule has 2 saturated carbocycles. The van der Waals surface area contributed by atoms with Crippen molar-refractivity contribution < 1.29 is 49.0 Å². The number of amides is 1. The van der Waals surface area contributed by atoms with Crippen LogP contribution < -0.4 is 5.32 Å². The Morgan fingerprint density at radius 3 is 1.45 bits per heavy atom. The van der Waals surface area contributed by atoms with E-state index >= 15 is 0 Å². The number of alkyl halides is 4. The number of sulfonamides is 2. The van der Waals surface area contributed by atoms with Crippen LogP contribution in [0.5, 0.6) is 0 Å². The van der Waals surface area contributed by atoms with Gasteiger partial charge in [-0.3, -0.25) is 0 Å². The highest BCUT2D eigenvalue weighted by Gasteiger charge is 2.41. The van der Waals surface area contributed by atoms with E-state index in [2.05, 4.69) is 14.5 Å². The number of hydrogen-bond acceptors (Lipinski definition) is 9. The van der Waals surface area contributed by atoms with Crippen LogP contribution in [0.15, 0.2) is 46.2 Å². The fourth-order valence-electron chi connectivity index (χ4n) is 9.06. The van der Waals surface area contributed by atoms with E-state index in [1.807, 2.05) is 41.5 Å². The Morgan fingerprint density at radius 1 is 0.708 bits per heavy atom. The fourth-order valence-corrected chi connectivity index (χ4v) is 12.1. The molecule has 20 heteroatoms. The third-order valence-corrected chi connectivity index (χ3v) is 16.5. The molecule has 14 nitrogen and oxygen atoms in total. The standard InChI is InChI=1S/C24H34F2N4O4S.C21H29F2N3O3S/c1-5-27-22(31)34-17-14-29(15-17)35(32,33)18-6-7-20-19(12-18)28-21(23(2,3)4)30(20)13-16-8-10-24(25,26)11-9-16;1-20(2,3)19-24-17-10-16(30(28,29)25-12-15(27)13-25)4-5-18(17)26(19)11-14-6-8-21(22,23)9-7-14/h6-7,12,16-17H,5,8-11,13-15H2,1-4H3,(H,27,31);4-5,10,14-15,27H,6-9,11-13H2,1-3H3. The number of aliphatic hydroxyl groups is 1. The first kappa shape index (κ1) is 49.1. The molecule has 2 saturated heterocycles. The Morgan fingerprint density at radius 2 is 1.09 bits per heavy atom. The summed E-state index contributed by atoms with van der Waals surface area (Å²) in [7, 11) is -7.43. The number of aliphatic hydroxyl groups excluding tert-OH is 1. The lowest BCUT2D eigenvalue weighted by atomic mass is 9.86. The minimum Gasteiger partial charge on any atom is -0.443 e. The first-order valence-electron chi connectivity index (χ1n) is 22.6. The van der Waals surface area contributed by atoms with E-state index in [0.29, 0.717) is 56.4 Å². The highest BCUT2D eigenvalue weighted by Crippen LogP contribution is 2.40. The molecule has 4 aliphatic rings. The smallest absolute Gasteiger partial charge is 0.407 e. The summed E-state index contributed by atoms with van der Waals surface area (Å²) >= 11 is 0. The number of hydrogen-bond donors (Lipinski definition) is 2. The van der Waals surface area contributed by atoms with Gasteiger partial charge in [0.15, 0.2) is 0 Å². The van der Waals surface area contributed by atoms with Crippen LogP contribution in [-0.4, -0.2) is 113 Å². The Kier molecular flexibility index (Phi) is 13.6. The number of carbonyl (C=O) groups is 1. The first-order valence-corrected chi connectivity index (χ1v) is 25.4. The average molecular weight is 954 g/mol. The number of ether oxygens (including phenoxy) is 1. The zero-order chi connectivity index (χ0) is 47.5. The van der Waals surface area contributed by atoms with Crippen LogP contribution >= 0.6 is 0 Å². The second-order valence-electron chi connectivity index (χ2n) is 20.3. The number of nitrogens with zero attached hydrogens (tertiary/aromatic N) is 6. The van der Waals surface area contributed by atoms with Crippen LogP contribution in [0.3, 0.4) is 0 Å². The molecular formula is C45H63F4N7O7S2. The van der Waals surface area contributed by atoms with Crippen molar-refractivity contribution in [3.8, 4) is 0 Å². The van der Waals surface area contributed by atoms with Gasteiger partial charge in [0.1, 0.15) is 17.8 Å². The molecule has 360 valence electrons. The Hall–Kier alpha value is -3.85. The minimum absolute atomic E-state index is 0.0841. The number of benzene rings is 2. The van der Waals surface area contributed by atoms with Crippen molar-refractivity contribution in [1.29, 1.82) is 0 Å². The zero-order valence-corrected chi connectivity index (χ0v) is 39.9. The highest BCUT2D eigenvalue weighted by atomic mass is 32.2. The van der Waals surface area contributed by atoms with Crippen LogP contribution in [-0.2, 0) is 48.7 Å². The van der Waals surface area contributed by atoms with Crippen molar-refractivity contribution in [3.63, 3.8) is 0 Å². The molecule has 0 atom stereocenters. The number of fused-ring (bicyclic) bond motifs is 2. The molecule has 4 heterocycles. The van der Waals surface area contributed by atoms with Crippen molar-refractivity contribution in [2.45, 2.75) is 158 Å². The van der Waals surface area contributed by atoms with E-state index in [4.69, 9.17) is 14.7 Å². The first-order chi connectivity index (χ1) is 30.2. The maximum atomic E-state index is 13.6. The Bertz CT molecular complexity index is 2590. The summed E-state index contributed by atoms with van der Waals surface area (Å²) in [6, 6.07) is 9.80. The van der Waals surface area contributed by atoms with Gasteiger partial charge in [0, 0.05) is 69.2 Å². The summed E-state index contributed by atoms with van der Waals surface area (Å²) in [6.45, 7) is 16.0. The number of β-amino-alcohol motifs (C(OH)–C–C–N with tert-alkyl or cyclic N) is 1. The second kappa shape index (κ2) is 18.0. The molecule has 0 radical (unpaired) electrons. The molecule has 0 bridgehead atoms. The number of nitrogens with one attached hydrogen (secondary N) is 1. The van der Waals surface area contributed by atoms with Crippen LogP contribution in [0, 0.1) is 11.8 Å². The number of rotatable bonds is 10. The van der Waals surface area contributed by atoms with Gasteiger partial charge in [-0.1, -0.05) is 41.5 Å². The number of alkyl carbamates (subject to hydrolysis) is 1. The van der Waals surface area contributed by atoms with E-state index in [1.165, 1.54) is 8.61 Å². The molecule has 2 N–H and O–H groups in total. The van der Waals surface area contributed by atoms with Gasteiger partial charge >= 0.3 is 6.09 Å². The largest absolute Gasteiger partial charge is 0.443 e. The number of halogens is 4. The molecule has 4 aromatic rings. The third-order valence-electron chi connectivity index (χ3n) is 12.8. The van der Waals surface area contributed by atoms with Gasteiger partial charge in [-0.05, 0) is 80.8 Å². The van der Waals surface area contributed by atoms with Crippen LogP contribution in [0.2, 0.25) is 0 Å². The van der Waals surface area contributed by atoms with Gasteiger partial charge in [-0.15, -0.1) is 0 Å². The zero-order valence-electron chi connectivity index (χ0n) is 38.3. The molecule has 0 unspecified atom stereocenters. The van der Waals surface area contributed by atoms with E-state index in [1.54, 1.807) is 43.3 Å². The predicted molar refractivity (Wildman–Crippen MR) is 238 cm³/mol. The molecule has 2 aliphatic carbocycles. The van der Waals surface area contributed by atoms with E-state index in [9.17, 15) is 44.3 Å². The van der Waals surface area contributed by atoms with Gasteiger partial charge in [0.2, 0.25) is 31.9 Å². The number of imidazole rings is 2. The van der Waals surface area contributed by atoms with E-state index < -0.39 is 50.2 Å². The van der Waals surface area contributed by atoms with Gasteiger partial charge in [-0.25, -0.2) is 49.2 Å². The topological polar surface area (TPSA) is 169 Å². The van der Waals surface area contributed by atoms with E-state index in [-0.39, 0.29) is 84.3 Å². The molecule has 65 heavy (non-hydrogen) atoms. The van der Waals surface area contributed by atoms with Crippen molar-refractivity contribution in [3.05, 3.63) is 48.0 Å². The van der Waals surface area contributed by atoms with Crippen LogP contribution in [0.25, 0.3) is 22.1 Å². The molecule has 2 aliphatic heterocycles. The lowest BCUT2D eigenvalue weighted by Crippen LogP contribution is -2.55. The normalized spacial score (nSPS) is 20.9. The molecule has 2 aromatic carbocycles. The quantitative estimate of drug-likeness (QED) is 0.151. The SMILES string of the molecule is CC(C)(C)c1nc2cc(S(=O)(=O)N3CC(O)C3)ccc2n1CC1CCC(F)(F)CC1.CCNC(=O)OC1CN(S(=O)(=O)c2ccc3c(c2)nc(C(C)(C)C)n3CC2CCC(F)(F)CC2)C1. The van der Waals surface area contributed by atoms with Crippen molar-refractivity contribution in [2.75, 3.05) is 32.7 Å². The Labute approximate surface area is 379 Å². The third kappa shape index (κ3) is 10.8. The highest BCUT2D eigenvalue weighted by molar-refractivity contribution is 7.89. The summed E-state index contributed by atoms with van der Waals surface area (Å²) in [5.74, 6) is -3.24. The molecule has 4 fully saturated rings. The summed E-state index contributed by atoms with van der Waals surface area (Å²) in [5.41, 5.74) is 2.18. The lowest BCUT2D eigenvalue weighted by molar-refractivity contribution is -0.0478. The van der Waals surface area contributed by atoms with Crippen molar-refractivity contribution in [1.82, 2.24) is 33.0 Å². The molecular weight excluding hydrogens is 891 g/mol. The fraction of sp³-hybridized carbons (Fsp3) is 0.667. The van der Waals surface area contributed by atoms with Crippen molar-refractivity contribution in [2.24, 2.45) is 11.8 Å². The molecule has 0 spiro atoms. The monoisotopic (exact) mass is 953 g/mol. The maximum absolute atomic E-state index is 13.6. The van der Waals surface area contributed by atoms with Gasteiger partial charge in [0.05, 0.1) is 51.1 Å². The minimum atomic E-state index is -3.76. The van der Waals surface area contributed by atoms with Crippen LogP contribution in [0.1, 0.15) is 111 Å². The summed E-state index contributed by atoms with van der Waals surface area (Å²) in [6.07, 6.45) is -0.158. The lowest BCUT2D eigenvalue weighted by Gasteiger charge is -2.37. The number of carbonyl (C=O) groups excluding carboxylic acids is 1. The molecule has 2 aromatic heterocycles. The van der Waals surface area contributed by atoms with Gasteiger partial charge < -0.3 is 24.3 Å². The van der Waals surface area contributed by atoms with Gasteiger partial charge in [0.25, 0.3) is 0 Å². The second-order valence-corrected chi connectivity index (χ2v) is 24.2. The molecule has 8 rings (SSSR count). The summed E-state index contributed by atoms with van der Waals surface area (Å²) < 4.78 is 118.